The first-order valence-electron chi connectivity index (χ1n) is 4.54. The maximum absolute atomic E-state index is 12.1. The molecule has 7 heteroatoms. The number of nitrogens with zero attached hydrogens (tertiary/aromatic N) is 2. The van der Waals surface area contributed by atoms with E-state index in [-0.39, 0.29) is 16.8 Å². The van der Waals surface area contributed by atoms with Crippen LogP contribution in [0.15, 0.2) is 27.8 Å². The summed E-state index contributed by atoms with van der Waals surface area (Å²) < 4.78 is 26.0. The fourth-order valence-electron chi connectivity index (χ4n) is 1.03. The summed E-state index contributed by atoms with van der Waals surface area (Å²) in [6.07, 6.45) is 2.85. The van der Waals surface area contributed by atoms with E-state index in [0.29, 0.717) is 4.47 Å². The summed E-state index contributed by atoms with van der Waals surface area (Å²) in [5.74, 6) is 0.247. The second-order valence-electron chi connectivity index (χ2n) is 3.36. The van der Waals surface area contributed by atoms with Crippen molar-refractivity contribution in [2.45, 2.75) is 17.9 Å². The molecule has 1 rings (SSSR count). The van der Waals surface area contributed by atoms with E-state index in [1.807, 2.05) is 0 Å². The van der Waals surface area contributed by atoms with Crippen LogP contribution in [0.5, 0.6) is 0 Å². The van der Waals surface area contributed by atoms with Gasteiger partial charge in [0.2, 0.25) is 10.0 Å². The normalized spacial score (nSPS) is 14.1. The minimum atomic E-state index is -3.52. The average Bonchev–Trinajstić information content (AvgIpc) is 2.27. The third-order valence-electron chi connectivity index (χ3n) is 2.20. The Bertz CT molecular complexity index is 466. The summed E-state index contributed by atoms with van der Waals surface area (Å²) in [7, 11) is -2.01. The average molecular weight is 328 g/mol. The van der Waals surface area contributed by atoms with Crippen molar-refractivity contribution in [1.29, 1.82) is 0 Å². The Morgan fingerprint density at radius 1 is 1.56 bits per heavy atom. The van der Waals surface area contributed by atoms with Crippen LogP contribution in [0.3, 0.4) is 0 Å². The highest BCUT2D eigenvalue weighted by atomic mass is 79.9. The lowest BCUT2D eigenvalue weighted by molar-refractivity contribution is 0.413. The van der Waals surface area contributed by atoms with Crippen molar-refractivity contribution in [3.05, 3.63) is 22.9 Å². The van der Waals surface area contributed by atoms with Gasteiger partial charge in [-0.25, -0.2) is 8.42 Å². The van der Waals surface area contributed by atoms with Gasteiger partial charge in [0.25, 0.3) is 0 Å². The van der Waals surface area contributed by atoms with Gasteiger partial charge in [0.1, 0.15) is 4.90 Å². The van der Waals surface area contributed by atoms with E-state index in [4.69, 9.17) is 11.6 Å². The highest BCUT2D eigenvalue weighted by molar-refractivity contribution is 9.10. The van der Waals surface area contributed by atoms with Crippen molar-refractivity contribution < 1.29 is 8.42 Å². The molecule has 0 aliphatic heterocycles. The van der Waals surface area contributed by atoms with E-state index in [0.717, 1.165) is 0 Å². The Hall–Kier alpha value is -0.170. The summed E-state index contributed by atoms with van der Waals surface area (Å²) in [4.78, 5) is 3.99. The molecule has 0 bridgehead atoms. The van der Waals surface area contributed by atoms with E-state index in [2.05, 4.69) is 20.9 Å². The third-order valence-corrected chi connectivity index (χ3v) is 5.02. The molecule has 0 saturated heterocycles. The molecular formula is C9H12BrClN2O2S. The van der Waals surface area contributed by atoms with Crippen LogP contribution in [0, 0.1) is 0 Å². The lowest BCUT2D eigenvalue weighted by Gasteiger charge is -2.22. The molecule has 0 aliphatic rings. The van der Waals surface area contributed by atoms with E-state index in [1.165, 1.54) is 29.8 Å². The maximum atomic E-state index is 12.1. The quantitative estimate of drug-likeness (QED) is 0.796. The van der Waals surface area contributed by atoms with Gasteiger partial charge in [-0.3, -0.25) is 4.98 Å². The molecule has 0 spiro atoms. The van der Waals surface area contributed by atoms with Gasteiger partial charge in [-0.15, -0.1) is 11.6 Å². The molecule has 0 N–H and O–H groups in total. The highest BCUT2D eigenvalue weighted by Crippen LogP contribution is 2.19. The van der Waals surface area contributed by atoms with Gasteiger partial charge in [0.05, 0.1) is 0 Å². The first-order chi connectivity index (χ1) is 7.39. The SMILES string of the molecule is CC(CCl)N(C)S(=O)(=O)c1cncc(Br)c1. The minimum Gasteiger partial charge on any atom is -0.262 e. The predicted molar refractivity (Wildman–Crippen MR) is 67.1 cm³/mol. The minimum absolute atomic E-state index is 0.154. The zero-order valence-corrected chi connectivity index (χ0v) is 12.1. The summed E-state index contributed by atoms with van der Waals surface area (Å²) in [5.41, 5.74) is 0. The fourth-order valence-corrected chi connectivity index (χ4v) is 3.19. The summed E-state index contributed by atoms with van der Waals surface area (Å²) in [6, 6.07) is 1.26. The number of hydrogen-bond acceptors (Lipinski definition) is 3. The maximum Gasteiger partial charge on any atom is 0.244 e. The molecule has 16 heavy (non-hydrogen) atoms. The lowest BCUT2D eigenvalue weighted by atomic mass is 10.4. The molecule has 1 aromatic rings. The van der Waals surface area contributed by atoms with E-state index >= 15 is 0 Å². The van der Waals surface area contributed by atoms with Crippen LogP contribution in [0.2, 0.25) is 0 Å². The molecule has 4 nitrogen and oxygen atoms in total. The number of hydrogen-bond donors (Lipinski definition) is 0. The summed E-state index contributed by atoms with van der Waals surface area (Å²) in [6.45, 7) is 1.75. The van der Waals surface area contributed by atoms with E-state index in [1.54, 1.807) is 6.92 Å². The molecule has 90 valence electrons. The number of aromatic nitrogens is 1. The first-order valence-corrected chi connectivity index (χ1v) is 7.31. The van der Waals surface area contributed by atoms with E-state index in [9.17, 15) is 8.42 Å². The largest absolute Gasteiger partial charge is 0.262 e. The Morgan fingerprint density at radius 3 is 2.69 bits per heavy atom. The Kier molecular flexibility index (Phi) is 4.73. The standard InChI is InChI=1S/C9H12BrClN2O2S/c1-7(4-11)13(2)16(14,15)9-3-8(10)5-12-6-9/h3,5-7H,4H2,1-2H3. The Labute approximate surface area is 109 Å². The van der Waals surface area contributed by atoms with Gasteiger partial charge in [-0.2, -0.15) is 4.31 Å². The molecular weight excluding hydrogens is 316 g/mol. The van der Waals surface area contributed by atoms with Crippen LogP contribution < -0.4 is 0 Å². The van der Waals surface area contributed by atoms with Crippen molar-refractivity contribution >= 4 is 37.6 Å². The zero-order valence-electron chi connectivity index (χ0n) is 8.89. The van der Waals surface area contributed by atoms with Gasteiger partial charge in [-0.1, -0.05) is 0 Å². The lowest BCUT2D eigenvalue weighted by Crippen LogP contribution is -2.36. The third kappa shape index (κ3) is 2.94. The number of halogens is 2. The monoisotopic (exact) mass is 326 g/mol. The van der Waals surface area contributed by atoms with Gasteiger partial charge in [0.15, 0.2) is 0 Å². The van der Waals surface area contributed by atoms with Crippen molar-refractivity contribution in [2.24, 2.45) is 0 Å². The molecule has 1 heterocycles. The molecule has 0 amide bonds. The van der Waals surface area contributed by atoms with Gasteiger partial charge >= 0.3 is 0 Å². The van der Waals surface area contributed by atoms with Gasteiger partial charge in [-0.05, 0) is 28.9 Å². The Balaban J connectivity index is 3.12. The highest BCUT2D eigenvalue weighted by Gasteiger charge is 2.25. The summed E-state index contributed by atoms with van der Waals surface area (Å²) >= 11 is 8.83. The Morgan fingerprint density at radius 2 is 2.19 bits per heavy atom. The van der Waals surface area contributed by atoms with Crippen molar-refractivity contribution in [3.63, 3.8) is 0 Å². The number of pyridine rings is 1. The van der Waals surface area contributed by atoms with Crippen molar-refractivity contribution in [3.8, 4) is 0 Å². The predicted octanol–water partition coefficient (Wildman–Crippen LogP) is 2.09. The molecule has 1 atom stereocenters. The van der Waals surface area contributed by atoms with Crippen LogP contribution in [0.4, 0.5) is 0 Å². The molecule has 1 unspecified atom stereocenters. The second kappa shape index (κ2) is 5.44. The summed E-state index contributed by atoms with van der Waals surface area (Å²) in [5, 5.41) is 0. The zero-order chi connectivity index (χ0) is 12.3. The number of alkyl halides is 1. The second-order valence-corrected chi connectivity index (χ2v) is 6.59. The smallest absolute Gasteiger partial charge is 0.244 e. The topological polar surface area (TPSA) is 50.3 Å². The van der Waals surface area contributed by atoms with Crippen LogP contribution in [0.25, 0.3) is 0 Å². The van der Waals surface area contributed by atoms with Crippen LogP contribution in [0.1, 0.15) is 6.92 Å². The molecule has 0 fully saturated rings. The molecule has 0 saturated carbocycles. The molecule has 0 aliphatic carbocycles. The molecule has 0 aromatic carbocycles. The molecule has 1 aromatic heterocycles. The van der Waals surface area contributed by atoms with Gasteiger partial charge < -0.3 is 0 Å². The fraction of sp³-hybridized carbons (Fsp3) is 0.444. The van der Waals surface area contributed by atoms with Gasteiger partial charge in [0, 0.05) is 35.8 Å². The van der Waals surface area contributed by atoms with Crippen LogP contribution in [-0.2, 0) is 10.0 Å². The van der Waals surface area contributed by atoms with Crippen LogP contribution >= 0.6 is 27.5 Å². The number of sulfonamides is 1. The van der Waals surface area contributed by atoms with Crippen molar-refractivity contribution in [2.75, 3.05) is 12.9 Å². The first kappa shape index (κ1) is 13.9. The number of rotatable bonds is 4. The van der Waals surface area contributed by atoms with Crippen LogP contribution in [-0.4, -0.2) is 36.7 Å². The van der Waals surface area contributed by atoms with Crippen molar-refractivity contribution in [1.82, 2.24) is 9.29 Å². The van der Waals surface area contributed by atoms with E-state index < -0.39 is 10.0 Å². The molecule has 0 radical (unpaired) electrons.